The van der Waals surface area contributed by atoms with Crippen molar-refractivity contribution in [3.63, 3.8) is 0 Å². The fourth-order valence-electron chi connectivity index (χ4n) is 0.916. The van der Waals surface area contributed by atoms with Crippen LogP contribution in [0.1, 0.15) is 13.8 Å². The van der Waals surface area contributed by atoms with E-state index in [0.717, 1.165) is 19.8 Å². The lowest BCUT2D eigenvalue weighted by Gasteiger charge is -2.15. The van der Waals surface area contributed by atoms with Crippen molar-refractivity contribution in [1.29, 1.82) is 0 Å². The standard InChI is InChI=1S/C8H19NO2/c1-4-9-8(6-10-3)7-11-5-2/h8-9H,4-7H2,1-3H3. The Morgan fingerprint density at radius 2 is 2.00 bits per heavy atom. The molecule has 0 bridgehead atoms. The van der Waals surface area contributed by atoms with Gasteiger partial charge in [-0.05, 0) is 13.5 Å². The van der Waals surface area contributed by atoms with E-state index in [1.807, 2.05) is 6.92 Å². The first kappa shape index (κ1) is 10.9. The van der Waals surface area contributed by atoms with Crippen LogP contribution in [0.3, 0.4) is 0 Å². The summed E-state index contributed by atoms with van der Waals surface area (Å²) < 4.78 is 10.3. The van der Waals surface area contributed by atoms with Crippen molar-refractivity contribution in [2.45, 2.75) is 19.9 Å². The molecule has 0 rings (SSSR count). The maximum Gasteiger partial charge on any atom is 0.0642 e. The van der Waals surface area contributed by atoms with Gasteiger partial charge >= 0.3 is 0 Å². The Morgan fingerprint density at radius 1 is 1.27 bits per heavy atom. The van der Waals surface area contributed by atoms with Gasteiger partial charge < -0.3 is 14.8 Å². The predicted octanol–water partition coefficient (Wildman–Crippen LogP) is 0.647. The van der Waals surface area contributed by atoms with E-state index in [1.54, 1.807) is 7.11 Å². The molecule has 68 valence electrons. The van der Waals surface area contributed by atoms with Crippen molar-refractivity contribution in [2.24, 2.45) is 0 Å². The molecule has 0 aromatic carbocycles. The Kier molecular flexibility index (Phi) is 7.89. The summed E-state index contributed by atoms with van der Waals surface area (Å²) in [6.07, 6.45) is 0. The Bertz CT molecular complexity index is 72.5. The molecule has 0 aromatic rings. The van der Waals surface area contributed by atoms with Gasteiger partial charge in [0, 0.05) is 13.7 Å². The van der Waals surface area contributed by atoms with Gasteiger partial charge in [0.25, 0.3) is 0 Å². The third-order valence-electron chi connectivity index (χ3n) is 1.38. The number of methoxy groups -OCH3 is 1. The number of hydrogen-bond acceptors (Lipinski definition) is 3. The fourth-order valence-corrected chi connectivity index (χ4v) is 0.916. The van der Waals surface area contributed by atoms with Crippen LogP contribution in [0.4, 0.5) is 0 Å². The molecule has 11 heavy (non-hydrogen) atoms. The smallest absolute Gasteiger partial charge is 0.0642 e. The minimum absolute atomic E-state index is 0.338. The number of rotatable bonds is 7. The van der Waals surface area contributed by atoms with E-state index in [1.165, 1.54) is 0 Å². The second kappa shape index (κ2) is 7.98. The van der Waals surface area contributed by atoms with E-state index in [9.17, 15) is 0 Å². The largest absolute Gasteiger partial charge is 0.383 e. The second-order valence-corrected chi connectivity index (χ2v) is 2.37. The molecule has 1 unspecified atom stereocenters. The molecule has 3 nitrogen and oxygen atoms in total. The minimum Gasteiger partial charge on any atom is -0.383 e. The summed E-state index contributed by atoms with van der Waals surface area (Å²) in [6.45, 7) is 7.25. The van der Waals surface area contributed by atoms with Gasteiger partial charge in [0.15, 0.2) is 0 Å². The van der Waals surface area contributed by atoms with Gasteiger partial charge in [-0.15, -0.1) is 0 Å². The van der Waals surface area contributed by atoms with Crippen molar-refractivity contribution in [1.82, 2.24) is 5.32 Å². The zero-order valence-corrected chi connectivity index (χ0v) is 7.72. The molecule has 0 aliphatic rings. The van der Waals surface area contributed by atoms with Crippen LogP contribution >= 0.6 is 0 Å². The normalized spacial score (nSPS) is 13.4. The third kappa shape index (κ3) is 6.28. The van der Waals surface area contributed by atoms with Gasteiger partial charge in [-0.3, -0.25) is 0 Å². The number of likely N-dealkylation sites (N-methyl/N-ethyl adjacent to an activating group) is 1. The molecular weight excluding hydrogens is 142 g/mol. The highest BCUT2D eigenvalue weighted by molar-refractivity contribution is 4.63. The fraction of sp³-hybridized carbons (Fsp3) is 1.00. The molecule has 1 atom stereocenters. The van der Waals surface area contributed by atoms with Crippen molar-refractivity contribution < 1.29 is 9.47 Å². The average Bonchev–Trinajstić information content (AvgIpc) is 2.01. The summed E-state index contributed by atoms with van der Waals surface area (Å²) in [5.74, 6) is 0. The molecule has 0 aliphatic heterocycles. The molecule has 0 spiro atoms. The monoisotopic (exact) mass is 161 g/mol. The van der Waals surface area contributed by atoms with Crippen molar-refractivity contribution in [3.05, 3.63) is 0 Å². The van der Waals surface area contributed by atoms with Crippen LogP contribution in [0, 0.1) is 0 Å². The number of nitrogens with one attached hydrogen (secondary N) is 1. The zero-order chi connectivity index (χ0) is 8.53. The molecule has 0 fully saturated rings. The van der Waals surface area contributed by atoms with E-state index in [-0.39, 0.29) is 0 Å². The van der Waals surface area contributed by atoms with Crippen molar-refractivity contribution >= 4 is 0 Å². The highest BCUT2D eigenvalue weighted by atomic mass is 16.5. The van der Waals surface area contributed by atoms with Gasteiger partial charge in [-0.25, -0.2) is 0 Å². The quantitative estimate of drug-likeness (QED) is 0.594. The first-order chi connectivity index (χ1) is 5.35. The molecule has 1 N–H and O–H groups in total. The Hall–Kier alpha value is -0.120. The first-order valence-electron chi connectivity index (χ1n) is 4.15. The Morgan fingerprint density at radius 3 is 2.45 bits per heavy atom. The highest BCUT2D eigenvalue weighted by Gasteiger charge is 2.04. The van der Waals surface area contributed by atoms with Crippen molar-refractivity contribution in [3.8, 4) is 0 Å². The summed E-state index contributed by atoms with van der Waals surface area (Å²) in [4.78, 5) is 0. The van der Waals surface area contributed by atoms with Gasteiger partial charge in [-0.2, -0.15) is 0 Å². The molecule has 0 saturated carbocycles. The van der Waals surface area contributed by atoms with Gasteiger partial charge in [-0.1, -0.05) is 6.92 Å². The lowest BCUT2D eigenvalue weighted by molar-refractivity contribution is 0.0816. The molecule has 0 aromatic heterocycles. The topological polar surface area (TPSA) is 30.5 Å². The van der Waals surface area contributed by atoms with E-state index >= 15 is 0 Å². The first-order valence-corrected chi connectivity index (χ1v) is 4.15. The zero-order valence-electron chi connectivity index (χ0n) is 7.72. The summed E-state index contributed by atoms with van der Waals surface area (Å²) in [6, 6.07) is 0.338. The molecular formula is C8H19NO2. The number of ether oxygens (including phenoxy) is 2. The maximum atomic E-state index is 5.26. The molecule has 0 radical (unpaired) electrons. The van der Waals surface area contributed by atoms with E-state index in [4.69, 9.17) is 9.47 Å². The molecule has 3 heteroatoms. The van der Waals surface area contributed by atoms with Crippen LogP contribution in [0.15, 0.2) is 0 Å². The van der Waals surface area contributed by atoms with Crippen LogP contribution in [-0.2, 0) is 9.47 Å². The summed E-state index contributed by atoms with van der Waals surface area (Å²) in [5.41, 5.74) is 0. The molecule has 0 aliphatic carbocycles. The highest BCUT2D eigenvalue weighted by Crippen LogP contribution is 1.86. The second-order valence-electron chi connectivity index (χ2n) is 2.37. The van der Waals surface area contributed by atoms with E-state index in [0.29, 0.717) is 12.6 Å². The lowest BCUT2D eigenvalue weighted by Crippen LogP contribution is -2.37. The lowest BCUT2D eigenvalue weighted by atomic mass is 10.3. The predicted molar refractivity (Wildman–Crippen MR) is 45.8 cm³/mol. The maximum absolute atomic E-state index is 5.26. The van der Waals surface area contributed by atoms with Crippen LogP contribution in [0.2, 0.25) is 0 Å². The van der Waals surface area contributed by atoms with Gasteiger partial charge in [0.2, 0.25) is 0 Å². The third-order valence-corrected chi connectivity index (χ3v) is 1.38. The van der Waals surface area contributed by atoms with Gasteiger partial charge in [0.1, 0.15) is 0 Å². The van der Waals surface area contributed by atoms with Crippen LogP contribution in [0.5, 0.6) is 0 Å². The van der Waals surface area contributed by atoms with Crippen LogP contribution in [0.25, 0.3) is 0 Å². The number of hydrogen-bond donors (Lipinski definition) is 1. The Labute approximate surface area is 69.1 Å². The van der Waals surface area contributed by atoms with Crippen molar-refractivity contribution in [2.75, 3.05) is 33.5 Å². The SMILES string of the molecule is CCNC(COC)COCC. The Balaban J connectivity index is 3.34. The van der Waals surface area contributed by atoms with Crippen LogP contribution < -0.4 is 5.32 Å². The molecule has 0 heterocycles. The molecule has 0 amide bonds. The minimum atomic E-state index is 0.338. The van der Waals surface area contributed by atoms with Gasteiger partial charge in [0.05, 0.1) is 19.3 Å². The van der Waals surface area contributed by atoms with Crippen LogP contribution in [-0.4, -0.2) is 39.5 Å². The van der Waals surface area contributed by atoms with E-state index in [2.05, 4.69) is 12.2 Å². The summed E-state index contributed by atoms with van der Waals surface area (Å²) in [5, 5.41) is 3.27. The summed E-state index contributed by atoms with van der Waals surface area (Å²) in [7, 11) is 1.70. The average molecular weight is 161 g/mol. The summed E-state index contributed by atoms with van der Waals surface area (Å²) >= 11 is 0. The van der Waals surface area contributed by atoms with E-state index < -0.39 is 0 Å². The molecule has 0 saturated heterocycles.